The number of hydrogen-bond acceptors (Lipinski definition) is 6. The van der Waals surface area contributed by atoms with Crippen LogP contribution in [-0.2, 0) is 10.0 Å². The van der Waals surface area contributed by atoms with Crippen LogP contribution in [0.5, 0.6) is 0 Å². The average molecular weight is 370 g/mol. The van der Waals surface area contributed by atoms with Gasteiger partial charge < -0.3 is 9.32 Å². The molecule has 0 unspecified atom stereocenters. The minimum atomic E-state index is -3.45. The first-order valence-corrected chi connectivity index (χ1v) is 9.76. The van der Waals surface area contributed by atoms with Crippen LogP contribution < -0.4 is 4.90 Å². The first-order valence-electron chi connectivity index (χ1n) is 8.32. The van der Waals surface area contributed by atoms with Gasteiger partial charge in [-0.05, 0) is 36.4 Å². The Morgan fingerprint density at radius 2 is 1.62 bits per heavy atom. The molecule has 0 spiro atoms. The fourth-order valence-corrected chi connectivity index (χ4v) is 4.39. The molecule has 1 fully saturated rings. The van der Waals surface area contributed by atoms with Crippen molar-refractivity contribution < 1.29 is 12.8 Å². The molecular weight excluding hydrogens is 352 g/mol. The number of aromatic nitrogens is 2. The molecule has 1 saturated heterocycles. The Kier molecular flexibility index (Phi) is 4.44. The summed E-state index contributed by atoms with van der Waals surface area (Å²) in [5.41, 5.74) is 0.670. The first kappa shape index (κ1) is 16.7. The summed E-state index contributed by atoms with van der Waals surface area (Å²) in [6, 6.07) is 15.9. The van der Waals surface area contributed by atoms with Crippen LogP contribution in [0.2, 0.25) is 0 Å². The minimum Gasteiger partial charge on any atom is -0.463 e. The van der Waals surface area contributed by atoms with E-state index < -0.39 is 10.0 Å². The summed E-state index contributed by atoms with van der Waals surface area (Å²) in [5.74, 6) is 1.40. The third-order valence-corrected chi connectivity index (χ3v) is 6.28. The van der Waals surface area contributed by atoms with Crippen molar-refractivity contribution in [3.63, 3.8) is 0 Å². The Morgan fingerprint density at radius 3 is 2.23 bits per heavy atom. The van der Waals surface area contributed by atoms with Gasteiger partial charge in [0.2, 0.25) is 10.0 Å². The molecule has 4 rings (SSSR count). The molecule has 2 aromatic heterocycles. The molecule has 134 valence electrons. The summed E-state index contributed by atoms with van der Waals surface area (Å²) in [6.07, 6.45) is 1.59. The van der Waals surface area contributed by atoms with E-state index in [4.69, 9.17) is 4.42 Å². The van der Waals surface area contributed by atoms with E-state index in [9.17, 15) is 8.42 Å². The summed E-state index contributed by atoms with van der Waals surface area (Å²) in [6.45, 7) is 1.97. The molecule has 8 heteroatoms. The largest absolute Gasteiger partial charge is 0.463 e. The number of rotatable bonds is 4. The van der Waals surface area contributed by atoms with E-state index in [-0.39, 0.29) is 0 Å². The topological polar surface area (TPSA) is 79.5 Å². The summed E-state index contributed by atoms with van der Waals surface area (Å²) in [7, 11) is -3.45. The summed E-state index contributed by atoms with van der Waals surface area (Å²) in [4.78, 5) is 2.37. The lowest BCUT2D eigenvalue weighted by Gasteiger charge is -2.34. The number of sulfonamides is 1. The van der Waals surface area contributed by atoms with Gasteiger partial charge in [-0.3, -0.25) is 0 Å². The number of hydrogen-bond donors (Lipinski definition) is 0. The van der Waals surface area contributed by atoms with Crippen LogP contribution >= 0.6 is 0 Å². The van der Waals surface area contributed by atoms with Crippen molar-refractivity contribution in [2.24, 2.45) is 0 Å². The summed E-state index contributed by atoms with van der Waals surface area (Å²) in [5, 5.41) is 8.45. The molecule has 0 bridgehead atoms. The van der Waals surface area contributed by atoms with Gasteiger partial charge in [-0.25, -0.2) is 8.42 Å². The zero-order valence-corrected chi connectivity index (χ0v) is 14.8. The molecule has 0 radical (unpaired) electrons. The SMILES string of the molecule is O=S(=O)(c1ccccc1)N1CCN(c2ccc(-c3ccco3)nn2)CC1. The quantitative estimate of drug-likeness (QED) is 0.701. The van der Waals surface area contributed by atoms with Crippen molar-refractivity contribution in [3.8, 4) is 11.5 Å². The molecule has 7 nitrogen and oxygen atoms in total. The second-order valence-corrected chi connectivity index (χ2v) is 7.90. The van der Waals surface area contributed by atoms with Crippen LogP contribution in [0, 0.1) is 0 Å². The highest BCUT2D eigenvalue weighted by molar-refractivity contribution is 7.89. The zero-order chi connectivity index (χ0) is 18.0. The zero-order valence-electron chi connectivity index (χ0n) is 14.0. The van der Waals surface area contributed by atoms with E-state index in [1.54, 1.807) is 36.6 Å². The first-order chi connectivity index (χ1) is 12.6. The van der Waals surface area contributed by atoms with Crippen molar-refractivity contribution in [2.45, 2.75) is 4.90 Å². The highest BCUT2D eigenvalue weighted by Crippen LogP contribution is 2.21. The monoisotopic (exact) mass is 370 g/mol. The lowest BCUT2D eigenvalue weighted by atomic mass is 10.3. The maximum absolute atomic E-state index is 12.7. The maximum Gasteiger partial charge on any atom is 0.243 e. The normalized spacial score (nSPS) is 15.9. The molecular formula is C18H18N4O3S. The van der Waals surface area contributed by atoms with Crippen LogP contribution in [0.25, 0.3) is 11.5 Å². The Balaban J connectivity index is 1.44. The van der Waals surface area contributed by atoms with Crippen molar-refractivity contribution in [3.05, 3.63) is 60.9 Å². The Morgan fingerprint density at radius 1 is 0.846 bits per heavy atom. The van der Waals surface area contributed by atoms with E-state index >= 15 is 0 Å². The third-order valence-electron chi connectivity index (χ3n) is 4.37. The van der Waals surface area contributed by atoms with E-state index in [2.05, 4.69) is 10.2 Å². The maximum atomic E-state index is 12.7. The Labute approximate surface area is 151 Å². The molecule has 1 aliphatic heterocycles. The average Bonchev–Trinajstić information content (AvgIpc) is 3.24. The number of benzene rings is 1. The van der Waals surface area contributed by atoms with E-state index in [1.807, 2.05) is 29.2 Å². The highest BCUT2D eigenvalue weighted by atomic mass is 32.2. The van der Waals surface area contributed by atoms with Gasteiger partial charge in [-0.1, -0.05) is 18.2 Å². The van der Waals surface area contributed by atoms with E-state index in [1.165, 1.54) is 4.31 Å². The van der Waals surface area contributed by atoms with Crippen LogP contribution in [0.1, 0.15) is 0 Å². The number of nitrogens with zero attached hydrogens (tertiary/aromatic N) is 4. The Hall–Kier alpha value is -2.71. The Bertz CT molecular complexity index is 949. The van der Waals surface area contributed by atoms with E-state index in [0.717, 1.165) is 5.82 Å². The fourth-order valence-electron chi connectivity index (χ4n) is 2.95. The van der Waals surface area contributed by atoms with Gasteiger partial charge >= 0.3 is 0 Å². The second-order valence-electron chi connectivity index (χ2n) is 5.96. The molecule has 1 aromatic carbocycles. The molecule has 0 aliphatic carbocycles. The van der Waals surface area contributed by atoms with Gasteiger partial charge in [-0.15, -0.1) is 10.2 Å². The molecule has 0 N–H and O–H groups in total. The van der Waals surface area contributed by atoms with Crippen molar-refractivity contribution in [2.75, 3.05) is 31.1 Å². The minimum absolute atomic E-state index is 0.330. The van der Waals surface area contributed by atoms with Crippen molar-refractivity contribution >= 4 is 15.8 Å². The predicted octanol–water partition coefficient (Wildman–Crippen LogP) is 2.25. The molecule has 26 heavy (non-hydrogen) atoms. The van der Waals surface area contributed by atoms with Crippen LogP contribution in [0.3, 0.4) is 0 Å². The molecule has 1 aliphatic rings. The van der Waals surface area contributed by atoms with Gasteiger partial charge in [-0.2, -0.15) is 4.31 Å². The van der Waals surface area contributed by atoms with Crippen molar-refractivity contribution in [1.82, 2.24) is 14.5 Å². The highest BCUT2D eigenvalue weighted by Gasteiger charge is 2.28. The fraction of sp³-hybridized carbons (Fsp3) is 0.222. The summed E-state index contributed by atoms with van der Waals surface area (Å²) < 4.78 is 32.2. The van der Waals surface area contributed by atoms with E-state index in [0.29, 0.717) is 42.5 Å². The van der Waals surface area contributed by atoms with Crippen LogP contribution in [0.4, 0.5) is 5.82 Å². The lowest BCUT2D eigenvalue weighted by Crippen LogP contribution is -2.48. The molecule has 0 saturated carbocycles. The number of furan rings is 1. The van der Waals surface area contributed by atoms with Crippen LogP contribution in [0.15, 0.2) is 70.2 Å². The van der Waals surface area contributed by atoms with Crippen molar-refractivity contribution in [1.29, 1.82) is 0 Å². The molecule has 3 heterocycles. The third kappa shape index (κ3) is 3.21. The lowest BCUT2D eigenvalue weighted by molar-refractivity contribution is 0.383. The van der Waals surface area contributed by atoms with Gasteiger partial charge in [0.1, 0.15) is 5.69 Å². The van der Waals surface area contributed by atoms with Gasteiger partial charge in [0.05, 0.1) is 11.2 Å². The summed E-state index contributed by atoms with van der Waals surface area (Å²) >= 11 is 0. The number of piperazine rings is 1. The molecule has 0 amide bonds. The smallest absolute Gasteiger partial charge is 0.243 e. The number of anilines is 1. The van der Waals surface area contributed by atoms with Gasteiger partial charge in [0.15, 0.2) is 11.6 Å². The molecule has 0 atom stereocenters. The van der Waals surface area contributed by atoms with Gasteiger partial charge in [0, 0.05) is 26.2 Å². The van der Waals surface area contributed by atoms with Gasteiger partial charge in [0.25, 0.3) is 0 Å². The predicted molar refractivity (Wildman–Crippen MR) is 97.1 cm³/mol. The van der Waals surface area contributed by atoms with Crippen LogP contribution in [-0.4, -0.2) is 49.1 Å². The molecule has 3 aromatic rings. The second kappa shape index (κ2) is 6.89. The standard InChI is InChI=1S/C18H18N4O3S/c23-26(24,15-5-2-1-3-6-15)22-12-10-21(11-13-22)18-9-8-16(19-20-18)17-7-4-14-25-17/h1-9,14H,10-13H2.